The fraction of sp³-hybridized carbons (Fsp3) is 0.286. The molecule has 1 aromatic carbocycles. The molecule has 0 bridgehead atoms. The number of allylic oxidation sites excluding steroid dienone is 2. The number of carbonyl (C=O) groups is 1. The Kier molecular flexibility index (Phi) is 6.48. The second-order valence-electron chi connectivity index (χ2n) is 9.18. The number of likely N-dealkylation sites (N-methyl/N-ethyl adjacent to an activating group) is 1. The van der Waals surface area contributed by atoms with E-state index in [1.807, 2.05) is 25.1 Å². The van der Waals surface area contributed by atoms with Gasteiger partial charge in [-0.3, -0.25) is 9.69 Å². The predicted octanol–water partition coefficient (Wildman–Crippen LogP) is 4.72. The van der Waals surface area contributed by atoms with Crippen molar-refractivity contribution in [2.75, 3.05) is 38.5 Å². The van der Waals surface area contributed by atoms with Crippen molar-refractivity contribution in [3.8, 4) is 23.5 Å². The van der Waals surface area contributed by atoms with Crippen molar-refractivity contribution >= 4 is 39.8 Å². The highest BCUT2D eigenvalue weighted by Crippen LogP contribution is 2.41. The number of aromatic amines is 1. The molecule has 7 heteroatoms. The zero-order valence-electron chi connectivity index (χ0n) is 19.9. The fourth-order valence-corrected chi connectivity index (χ4v) is 5.11. The van der Waals surface area contributed by atoms with E-state index in [0.717, 1.165) is 71.6 Å². The molecule has 1 fully saturated rings. The number of H-pyrrole nitrogens is 1. The second-order valence-corrected chi connectivity index (χ2v) is 9.59. The molecule has 0 saturated carbocycles. The van der Waals surface area contributed by atoms with Gasteiger partial charge < -0.3 is 15.2 Å². The summed E-state index contributed by atoms with van der Waals surface area (Å²) in [6, 6.07) is 8.17. The van der Waals surface area contributed by atoms with Gasteiger partial charge in [0.2, 0.25) is 0 Å². The fourth-order valence-electron chi connectivity index (χ4n) is 4.87. The highest BCUT2D eigenvalue weighted by atomic mass is 35.5. The minimum Gasteiger partial charge on any atom is -0.339 e. The van der Waals surface area contributed by atoms with Crippen LogP contribution in [0.4, 0.5) is 5.69 Å². The number of amides is 1. The van der Waals surface area contributed by atoms with Crippen LogP contribution in [-0.4, -0.2) is 64.9 Å². The third kappa shape index (κ3) is 4.63. The molecular formula is C28H28ClN5O. The summed E-state index contributed by atoms with van der Waals surface area (Å²) in [5.74, 6) is 1.64. The van der Waals surface area contributed by atoms with Gasteiger partial charge in [-0.15, -0.1) is 6.42 Å². The van der Waals surface area contributed by atoms with Crippen LogP contribution in [0.3, 0.4) is 0 Å². The van der Waals surface area contributed by atoms with Crippen LogP contribution in [0.25, 0.3) is 27.7 Å². The monoisotopic (exact) mass is 485 g/mol. The van der Waals surface area contributed by atoms with Gasteiger partial charge in [0, 0.05) is 55.1 Å². The lowest BCUT2D eigenvalue weighted by Crippen LogP contribution is -2.48. The first-order chi connectivity index (χ1) is 16.9. The summed E-state index contributed by atoms with van der Waals surface area (Å²) >= 11 is 6.67. The number of carbonyl (C=O) groups excluding carboxylic acids is 1. The minimum absolute atomic E-state index is 0.409. The molecule has 178 valence electrons. The minimum atomic E-state index is -0.475. The molecule has 35 heavy (non-hydrogen) atoms. The molecule has 3 aromatic rings. The Morgan fingerprint density at radius 1 is 1.26 bits per heavy atom. The van der Waals surface area contributed by atoms with Crippen LogP contribution in [-0.2, 0) is 4.79 Å². The number of hydrogen-bond donors (Lipinski definition) is 2. The second kappa shape index (κ2) is 9.71. The maximum Gasteiger partial charge on any atom is 0.300 e. The zero-order valence-corrected chi connectivity index (χ0v) is 20.7. The Labute approximate surface area is 210 Å². The predicted molar refractivity (Wildman–Crippen MR) is 143 cm³/mol. The van der Waals surface area contributed by atoms with Gasteiger partial charge in [0.15, 0.2) is 0 Å². The van der Waals surface area contributed by atoms with E-state index < -0.39 is 5.91 Å². The number of rotatable bonds is 4. The Morgan fingerprint density at radius 2 is 2.06 bits per heavy atom. The molecule has 2 aromatic heterocycles. The number of pyridine rings is 1. The highest BCUT2D eigenvalue weighted by molar-refractivity contribution is 6.36. The molecule has 1 saturated heterocycles. The van der Waals surface area contributed by atoms with Crippen LogP contribution >= 0.6 is 11.6 Å². The number of halogens is 1. The molecule has 0 spiro atoms. The van der Waals surface area contributed by atoms with Gasteiger partial charge in [-0.2, -0.15) is 0 Å². The maximum atomic E-state index is 11.9. The zero-order chi connectivity index (χ0) is 24.5. The number of anilines is 1. The van der Waals surface area contributed by atoms with E-state index in [2.05, 4.69) is 56.3 Å². The molecule has 5 rings (SSSR count). The number of nitrogens with zero attached hydrogens (tertiary/aromatic N) is 3. The van der Waals surface area contributed by atoms with Crippen molar-refractivity contribution in [2.45, 2.75) is 19.4 Å². The van der Waals surface area contributed by atoms with E-state index in [1.165, 1.54) is 0 Å². The average Bonchev–Trinajstić information content (AvgIpc) is 3.27. The van der Waals surface area contributed by atoms with Crippen LogP contribution in [0.15, 0.2) is 48.7 Å². The van der Waals surface area contributed by atoms with Crippen LogP contribution in [0.2, 0.25) is 5.02 Å². The first-order valence-corrected chi connectivity index (χ1v) is 12.2. The number of terminal acetylenes is 1. The van der Waals surface area contributed by atoms with Crippen molar-refractivity contribution in [2.24, 2.45) is 0 Å². The number of aromatic nitrogens is 2. The summed E-state index contributed by atoms with van der Waals surface area (Å²) in [5, 5.41) is 4.28. The molecule has 1 atom stereocenters. The van der Waals surface area contributed by atoms with Gasteiger partial charge in [0.25, 0.3) is 5.91 Å². The Hall–Kier alpha value is -3.37. The number of aryl methyl sites for hydroxylation is 1. The van der Waals surface area contributed by atoms with Gasteiger partial charge in [-0.25, -0.2) is 4.98 Å². The SMILES string of the molecule is C#CC(=O)Nc1cc(-c2c(C3=CCC(N4CCN(C)CC4)C=C3)[nH]c3nccc(Cl)c23)ccc1C. The Morgan fingerprint density at radius 3 is 2.77 bits per heavy atom. The molecule has 2 aliphatic rings. The van der Waals surface area contributed by atoms with Gasteiger partial charge >= 0.3 is 0 Å². The molecule has 1 aliphatic carbocycles. The molecule has 3 heterocycles. The first-order valence-electron chi connectivity index (χ1n) is 11.8. The summed E-state index contributed by atoms with van der Waals surface area (Å²) in [4.78, 5) is 24.9. The standard InChI is InChI=1S/C28H28ClN5O/c1-4-24(35)31-23-17-20(6-5-18(23)2)25-26-22(29)11-12-30-28(26)32-27(25)19-7-9-21(10-8-19)34-15-13-33(3)14-16-34/h1,5-9,11-12,17,21H,10,13-16H2,2-3H3,(H,30,32)(H,31,35). The highest BCUT2D eigenvalue weighted by Gasteiger charge is 2.24. The molecule has 6 nitrogen and oxygen atoms in total. The Balaban J connectivity index is 1.55. The normalized spacial score (nSPS) is 18.9. The van der Waals surface area contributed by atoms with E-state index in [9.17, 15) is 4.79 Å². The van der Waals surface area contributed by atoms with Gasteiger partial charge in [0.1, 0.15) is 5.65 Å². The maximum absolute atomic E-state index is 11.9. The quantitative estimate of drug-likeness (QED) is 0.525. The van der Waals surface area contributed by atoms with Crippen molar-refractivity contribution in [3.05, 3.63) is 65.0 Å². The number of hydrogen-bond acceptors (Lipinski definition) is 4. The third-order valence-corrected chi connectivity index (χ3v) is 7.24. The molecular weight excluding hydrogens is 458 g/mol. The molecule has 0 radical (unpaired) electrons. The van der Waals surface area contributed by atoms with Crippen molar-refractivity contribution in [1.29, 1.82) is 0 Å². The summed E-state index contributed by atoms with van der Waals surface area (Å²) < 4.78 is 0. The lowest BCUT2D eigenvalue weighted by molar-refractivity contribution is -0.111. The summed E-state index contributed by atoms with van der Waals surface area (Å²) in [6.07, 6.45) is 14.7. The molecule has 1 amide bonds. The summed E-state index contributed by atoms with van der Waals surface area (Å²) in [7, 11) is 2.18. The summed E-state index contributed by atoms with van der Waals surface area (Å²) in [5.41, 5.74) is 6.29. The van der Waals surface area contributed by atoms with Crippen molar-refractivity contribution in [3.63, 3.8) is 0 Å². The lowest BCUT2D eigenvalue weighted by atomic mass is 9.93. The lowest BCUT2D eigenvalue weighted by Gasteiger charge is -2.37. The summed E-state index contributed by atoms with van der Waals surface area (Å²) in [6.45, 7) is 6.31. The van der Waals surface area contributed by atoms with Gasteiger partial charge in [0.05, 0.1) is 10.7 Å². The topological polar surface area (TPSA) is 64.3 Å². The van der Waals surface area contributed by atoms with Crippen molar-refractivity contribution < 1.29 is 4.79 Å². The smallest absolute Gasteiger partial charge is 0.300 e. The third-order valence-electron chi connectivity index (χ3n) is 6.92. The van der Waals surface area contributed by atoms with Crippen LogP contribution in [0.1, 0.15) is 17.7 Å². The van der Waals surface area contributed by atoms with Gasteiger partial charge in [-0.1, -0.05) is 42.0 Å². The number of piperazine rings is 1. The molecule has 1 unspecified atom stereocenters. The van der Waals surface area contributed by atoms with E-state index in [4.69, 9.17) is 18.0 Å². The van der Waals surface area contributed by atoms with E-state index in [1.54, 1.807) is 12.3 Å². The number of benzene rings is 1. The van der Waals surface area contributed by atoms with Crippen LogP contribution < -0.4 is 5.32 Å². The van der Waals surface area contributed by atoms with E-state index >= 15 is 0 Å². The van der Waals surface area contributed by atoms with Crippen LogP contribution in [0.5, 0.6) is 0 Å². The Bertz CT molecular complexity index is 1390. The molecule has 1 aliphatic heterocycles. The number of fused-ring (bicyclic) bond motifs is 1. The van der Waals surface area contributed by atoms with Crippen LogP contribution in [0, 0.1) is 19.3 Å². The van der Waals surface area contributed by atoms with E-state index in [-0.39, 0.29) is 0 Å². The van der Waals surface area contributed by atoms with Gasteiger partial charge in [-0.05, 0) is 55.1 Å². The van der Waals surface area contributed by atoms with Crippen molar-refractivity contribution in [1.82, 2.24) is 19.8 Å². The largest absolute Gasteiger partial charge is 0.339 e. The molecule has 2 N–H and O–H groups in total. The van der Waals surface area contributed by atoms with E-state index in [0.29, 0.717) is 16.8 Å². The number of nitrogens with one attached hydrogen (secondary N) is 2. The average molecular weight is 486 g/mol. The first kappa shape index (κ1) is 23.4.